The number of hydrogen-bond donors (Lipinski definition) is 0. The Hall–Kier alpha value is -1.38. The summed E-state index contributed by atoms with van der Waals surface area (Å²) >= 11 is 0. The molecule has 1 aromatic carbocycles. The van der Waals surface area contributed by atoms with Crippen LogP contribution in [0.1, 0.15) is 64.0 Å². The highest BCUT2D eigenvalue weighted by Crippen LogP contribution is 2.24. The molecular weight excluding hydrogens is 279 g/mol. The van der Waals surface area contributed by atoms with Gasteiger partial charge in [-0.2, -0.15) is 0 Å². The first-order chi connectivity index (χ1) is 10.5. The van der Waals surface area contributed by atoms with Crippen LogP contribution in [0.3, 0.4) is 0 Å². The van der Waals surface area contributed by atoms with Crippen molar-refractivity contribution in [2.75, 3.05) is 6.61 Å². The van der Waals surface area contributed by atoms with Crippen LogP contribution in [0, 0.1) is 18.7 Å². The van der Waals surface area contributed by atoms with E-state index in [-0.39, 0.29) is 11.7 Å². The number of rotatable bonds is 10. The summed E-state index contributed by atoms with van der Waals surface area (Å²) in [6.45, 7) is 8.31. The molecule has 1 atom stereocenters. The van der Waals surface area contributed by atoms with Crippen LogP contribution in [0.2, 0.25) is 0 Å². The van der Waals surface area contributed by atoms with Crippen molar-refractivity contribution in [2.24, 2.45) is 5.92 Å². The molecular formula is C19H29FO2. The summed E-state index contributed by atoms with van der Waals surface area (Å²) in [4.78, 5) is 11.7. The van der Waals surface area contributed by atoms with Crippen molar-refractivity contribution in [3.8, 4) is 5.75 Å². The van der Waals surface area contributed by atoms with Crippen molar-refractivity contribution >= 4 is 5.78 Å². The zero-order chi connectivity index (χ0) is 16.5. The highest BCUT2D eigenvalue weighted by Gasteiger charge is 2.12. The predicted molar refractivity (Wildman–Crippen MR) is 88.9 cm³/mol. The lowest BCUT2D eigenvalue weighted by Gasteiger charge is -2.11. The maximum Gasteiger partial charge on any atom is 0.168 e. The molecule has 0 fully saturated rings. The van der Waals surface area contributed by atoms with Crippen LogP contribution in [0.15, 0.2) is 12.1 Å². The van der Waals surface area contributed by atoms with Gasteiger partial charge < -0.3 is 4.74 Å². The average Bonchev–Trinajstić information content (AvgIpc) is 2.50. The quantitative estimate of drug-likeness (QED) is 0.552. The fourth-order valence-electron chi connectivity index (χ4n) is 2.52. The summed E-state index contributed by atoms with van der Waals surface area (Å²) in [5.41, 5.74) is 1.74. The fourth-order valence-corrected chi connectivity index (χ4v) is 2.52. The fraction of sp³-hybridized carbons (Fsp3) is 0.632. The smallest absolute Gasteiger partial charge is 0.168 e. The van der Waals surface area contributed by atoms with E-state index >= 15 is 0 Å². The summed E-state index contributed by atoms with van der Waals surface area (Å²) in [7, 11) is 0. The third-order valence-electron chi connectivity index (χ3n) is 4.09. The van der Waals surface area contributed by atoms with Gasteiger partial charge >= 0.3 is 0 Å². The van der Waals surface area contributed by atoms with Gasteiger partial charge in [-0.1, -0.05) is 26.3 Å². The molecule has 2 nitrogen and oxygen atoms in total. The van der Waals surface area contributed by atoms with Crippen molar-refractivity contribution in [3.05, 3.63) is 29.1 Å². The van der Waals surface area contributed by atoms with Gasteiger partial charge in [0.2, 0.25) is 0 Å². The Balaban J connectivity index is 2.44. The largest absolute Gasteiger partial charge is 0.491 e. The summed E-state index contributed by atoms with van der Waals surface area (Å²) in [5.74, 6) is 0.637. The second-order valence-electron chi connectivity index (χ2n) is 6.01. The van der Waals surface area contributed by atoms with E-state index in [9.17, 15) is 9.18 Å². The van der Waals surface area contributed by atoms with E-state index < -0.39 is 0 Å². The number of hydrogen-bond acceptors (Lipinski definition) is 2. The molecule has 0 amide bonds. The number of ether oxygens (including phenoxy) is 1. The van der Waals surface area contributed by atoms with Crippen LogP contribution < -0.4 is 4.74 Å². The highest BCUT2D eigenvalue weighted by molar-refractivity contribution is 5.80. The molecule has 0 radical (unpaired) electrons. The number of halogens is 1. The molecule has 3 heteroatoms. The topological polar surface area (TPSA) is 26.3 Å². The minimum Gasteiger partial charge on any atom is -0.491 e. The molecule has 0 saturated heterocycles. The third kappa shape index (κ3) is 5.78. The van der Waals surface area contributed by atoms with E-state index in [0.29, 0.717) is 31.0 Å². The normalized spacial score (nSPS) is 12.2. The van der Waals surface area contributed by atoms with Gasteiger partial charge in [0.15, 0.2) is 11.6 Å². The van der Waals surface area contributed by atoms with Crippen LogP contribution in [0.5, 0.6) is 5.75 Å². The number of Topliss-reactive ketones (excluding diaryl/α,β-unsaturated/α-hetero) is 1. The molecule has 1 rings (SSSR count). The summed E-state index contributed by atoms with van der Waals surface area (Å²) in [5, 5.41) is 0. The number of carbonyl (C=O) groups is 1. The van der Waals surface area contributed by atoms with Crippen LogP contribution in [0.25, 0.3) is 0 Å². The van der Waals surface area contributed by atoms with Crippen molar-refractivity contribution in [2.45, 2.75) is 66.2 Å². The summed E-state index contributed by atoms with van der Waals surface area (Å²) < 4.78 is 19.6. The second kappa shape index (κ2) is 9.60. The minimum absolute atomic E-state index is 0.169. The van der Waals surface area contributed by atoms with E-state index in [1.165, 1.54) is 0 Å². The minimum atomic E-state index is -0.233. The maximum absolute atomic E-state index is 14.2. The maximum atomic E-state index is 14.2. The summed E-state index contributed by atoms with van der Waals surface area (Å²) in [6, 6.07) is 3.63. The van der Waals surface area contributed by atoms with Crippen molar-refractivity contribution in [1.29, 1.82) is 0 Å². The van der Waals surface area contributed by atoms with Gasteiger partial charge in [0.25, 0.3) is 0 Å². The molecule has 0 spiro atoms. The molecule has 0 aromatic heterocycles. The number of unbranched alkanes of at least 4 members (excludes halogenated alkanes) is 2. The average molecular weight is 308 g/mol. The zero-order valence-electron chi connectivity index (χ0n) is 14.4. The summed E-state index contributed by atoms with van der Waals surface area (Å²) in [6.07, 6.45) is 5.02. The molecule has 1 aromatic rings. The molecule has 1 unspecified atom stereocenters. The zero-order valence-corrected chi connectivity index (χ0v) is 14.4. The Morgan fingerprint density at radius 3 is 2.59 bits per heavy atom. The van der Waals surface area contributed by atoms with Crippen LogP contribution in [-0.2, 0) is 11.2 Å². The molecule has 0 aliphatic carbocycles. The SMILES string of the molecule is CCOc1cc(C)cc(CCCCCC(=O)C(C)CC)c1F. The first-order valence-corrected chi connectivity index (χ1v) is 8.44. The van der Waals surface area contributed by atoms with Crippen LogP contribution in [0.4, 0.5) is 4.39 Å². The Morgan fingerprint density at radius 1 is 1.23 bits per heavy atom. The van der Waals surface area contributed by atoms with E-state index in [0.717, 1.165) is 36.8 Å². The van der Waals surface area contributed by atoms with Gasteiger partial charge in [-0.3, -0.25) is 4.79 Å². The van der Waals surface area contributed by atoms with Gasteiger partial charge in [-0.15, -0.1) is 0 Å². The van der Waals surface area contributed by atoms with Gasteiger partial charge in [-0.05, 0) is 56.7 Å². The lowest BCUT2D eigenvalue weighted by atomic mass is 9.97. The first-order valence-electron chi connectivity index (χ1n) is 8.44. The molecule has 0 saturated carbocycles. The predicted octanol–water partition coefficient (Wildman–Crippen LogP) is 5.25. The van der Waals surface area contributed by atoms with Gasteiger partial charge in [0.1, 0.15) is 5.78 Å². The van der Waals surface area contributed by atoms with Crippen LogP contribution >= 0.6 is 0 Å². The van der Waals surface area contributed by atoms with Crippen molar-refractivity contribution < 1.29 is 13.9 Å². The standard InChI is InChI=1S/C19H29FO2/c1-5-15(4)17(21)11-9-7-8-10-16-12-14(3)13-18(19(16)20)22-6-2/h12-13,15H,5-11H2,1-4H3. The van der Waals surface area contributed by atoms with Gasteiger partial charge in [-0.25, -0.2) is 4.39 Å². The Labute approximate surface area is 134 Å². The molecule has 0 bridgehead atoms. The molecule has 0 N–H and O–H groups in total. The Morgan fingerprint density at radius 2 is 1.95 bits per heavy atom. The lowest BCUT2D eigenvalue weighted by molar-refractivity contribution is -0.122. The molecule has 124 valence electrons. The molecule has 0 aliphatic rings. The molecule has 22 heavy (non-hydrogen) atoms. The van der Waals surface area contributed by atoms with Crippen molar-refractivity contribution in [1.82, 2.24) is 0 Å². The van der Waals surface area contributed by atoms with Crippen molar-refractivity contribution in [3.63, 3.8) is 0 Å². The third-order valence-corrected chi connectivity index (χ3v) is 4.09. The monoisotopic (exact) mass is 308 g/mol. The Bertz CT molecular complexity index is 483. The van der Waals surface area contributed by atoms with Crippen LogP contribution in [-0.4, -0.2) is 12.4 Å². The number of ketones is 1. The Kier molecular flexibility index (Phi) is 8.15. The second-order valence-corrected chi connectivity index (χ2v) is 6.01. The van der Waals surface area contributed by atoms with Gasteiger partial charge in [0, 0.05) is 12.3 Å². The van der Waals surface area contributed by atoms with E-state index in [1.807, 2.05) is 33.8 Å². The number of aryl methyl sites for hydroxylation is 2. The van der Waals surface area contributed by atoms with E-state index in [4.69, 9.17) is 4.74 Å². The number of carbonyl (C=O) groups excluding carboxylic acids is 1. The van der Waals surface area contributed by atoms with E-state index in [2.05, 4.69) is 0 Å². The first kappa shape index (κ1) is 18.7. The molecule has 0 aliphatic heterocycles. The molecule has 0 heterocycles. The van der Waals surface area contributed by atoms with E-state index in [1.54, 1.807) is 6.07 Å². The van der Waals surface area contributed by atoms with Gasteiger partial charge in [0.05, 0.1) is 6.61 Å². The highest BCUT2D eigenvalue weighted by atomic mass is 19.1. The number of benzene rings is 1. The lowest BCUT2D eigenvalue weighted by Crippen LogP contribution is -2.09.